The molecule has 6 nitrogen and oxygen atoms in total. The molecule has 6 heteroatoms. The van der Waals surface area contributed by atoms with E-state index in [1.165, 1.54) is 29.8 Å². The third-order valence-corrected chi connectivity index (χ3v) is 4.91. The van der Waals surface area contributed by atoms with E-state index in [9.17, 15) is 14.7 Å². The van der Waals surface area contributed by atoms with Crippen molar-refractivity contribution in [1.82, 2.24) is 10.2 Å². The lowest BCUT2D eigenvalue weighted by Crippen LogP contribution is -2.46. The number of methoxy groups -OCH3 is 1. The Balaban J connectivity index is 1.48. The number of nitrogens with zero attached hydrogens (tertiary/aromatic N) is 1. The molecule has 0 aliphatic carbocycles. The van der Waals surface area contributed by atoms with Crippen molar-refractivity contribution in [2.75, 3.05) is 20.2 Å². The van der Waals surface area contributed by atoms with Crippen LogP contribution < -0.4 is 10.1 Å². The van der Waals surface area contributed by atoms with Crippen molar-refractivity contribution in [2.24, 2.45) is 5.92 Å². The molecule has 0 unspecified atom stereocenters. The number of amides is 3. The lowest BCUT2D eigenvalue weighted by atomic mass is 9.90. The van der Waals surface area contributed by atoms with E-state index in [2.05, 4.69) is 17.4 Å². The van der Waals surface area contributed by atoms with Crippen LogP contribution in [0.4, 0.5) is 4.79 Å². The zero-order valence-electron chi connectivity index (χ0n) is 15.4. The molecule has 1 aliphatic rings. The number of hydrogen-bond acceptors (Lipinski definition) is 4. The van der Waals surface area contributed by atoms with Crippen LogP contribution in [0.3, 0.4) is 0 Å². The molecule has 0 aromatic heterocycles. The van der Waals surface area contributed by atoms with Gasteiger partial charge in [-0.3, -0.25) is 10.1 Å². The molecule has 1 heterocycles. The topological polar surface area (TPSA) is 78.9 Å². The van der Waals surface area contributed by atoms with Crippen molar-refractivity contribution in [3.8, 4) is 11.5 Å². The summed E-state index contributed by atoms with van der Waals surface area (Å²) in [6.07, 6.45) is 2.76. The van der Waals surface area contributed by atoms with Crippen molar-refractivity contribution < 1.29 is 19.4 Å². The highest BCUT2D eigenvalue weighted by molar-refractivity contribution is 6.04. The monoisotopic (exact) mass is 368 g/mol. The normalized spacial score (nSPS) is 14.6. The van der Waals surface area contributed by atoms with Crippen molar-refractivity contribution in [3.63, 3.8) is 0 Å². The summed E-state index contributed by atoms with van der Waals surface area (Å²) in [6, 6.07) is 13.5. The fraction of sp³-hybridized carbons (Fsp3) is 0.333. The van der Waals surface area contributed by atoms with Gasteiger partial charge in [-0.25, -0.2) is 4.79 Å². The maximum Gasteiger partial charge on any atom is 0.324 e. The Bertz CT molecular complexity index is 796. The number of phenols is 1. The quantitative estimate of drug-likeness (QED) is 0.869. The zero-order valence-corrected chi connectivity index (χ0v) is 15.4. The van der Waals surface area contributed by atoms with E-state index in [0.717, 1.165) is 25.0 Å². The summed E-state index contributed by atoms with van der Waals surface area (Å²) in [5.41, 5.74) is 1.58. The summed E-state index contributed by atoms with van der Waals surface area (Å²) in [5.74, 6) is 0.987. The molecule has 0 radical (unpaired) electrons. The van der Waals surface area contributed by atoms with Crippen LogP contribution >= 0.6 is 0 Å². The van der Waals surface area contributed by atoms with Crippen LogP contribution in [0.2, 0.25) is 0 Å². The van der Waals surface area contributed by atoms with Crippen LogP contribution in [-0.4, -0.2) is 42.1 Å². The first-order valence-corrected chi connectivity index (χ1v) is 9.07. The van der Waals surface area contributed by atoms with Crippen LogP contribution in [0.25, 0.3) is 0 Å². The number of aromatic hydroxyl groups is 1. The van der Waals surface area contributed by atoms with Crippen LogP contribution in [-0.2, 0) is 6.42 Å². The third kappa shape index (κ3) is 5.00. The van der Waals surface area contributed by atoms with Crippen molar-refractivity contribution >= 4 is 11.9 Å². The van der Waals surface area contributed by atoms with E-state index in [1.54, 1.807) is 12.0 Å². The summed E-state index contributed by atoms with van der Waals surface area (Å²) in [7, 11) is 1.66. The number of nitrogens with one attached hydrogen (secondary N) is 1. The number of phenolic OH excluding ortho intramolecular Hbond substituents is 1. The first-order chi connectivity index (χ1) is 13.0. The highest BCUT2D eigenvalue weighted by Gasteiger charge is 2.24. The summed E-state index contributed by atoms with van der Waals surface area (Å²) < 4.78 is 5.27. The van der Waals surface area contributed by atoms with Crippen LogP contribution in [0.5, 0.6) is 11.5 Å². The predicted molar refractivity (Wildman–Crippen MR) is 102 cm³/mol. The van der Waals surface area contributed by atoms with Gasteiger partial charge in [0.05, 0.1) is 7.11 Å². The third-order valence-electron chi connectivity index (χ3n) is 4.91. The van der Waals surface area contributed by atoms with Crippen molar-refractivity contribution in [3.05, 3.63) is 59.7 Å². The SMILES string of the molecule is COc1cccc(CC2CCN(C(=O)NC(=O)c3ccc(O)cc3)CC2)c1. The van der Waals surface area contributed by atoms with E-state index in [-0.39, 0.29) is 11.8 Å². The Hall–Kier alpha value is -3.02. The molecule has 142 valence electrons. The van der Waals surface area contributed by atoms with E-state index < -0.39 is 5.91 Å². The van der Waals surface area contributed by atoms with Gasteiger partial charge in [0, 0.05) is 18.7 Å². The molecule has 1 fully saturated rings. The maximum atomic E-state index is 12.3. The first-order valence-electron chi connectivity index (χ1n) is 9.07. The molecule has 0 atom stereocenters. The predicted octanol–water partition coefficient (Wildman–Crippen LogP) is 3.21. The summed E-state index contributed by atoms with van der Waals surface area (Å²) in [5, 5.41) is 11.7. The Kier molecular flexibility index (Phi) is 5.96. The lowest BCUT2D eigenvalue weighted by Gasteiger charge is -2.32. The molecule has 3 amide bonds. The van der Waals surface area contributed by atoms with Gasteiger partial charge in [-0.15, -0.1) is 0 Å². The van der Waals surface area contributed by atoms with E-state index >= 15 is 0 Å². The second kappa shape index (κ2) is 8.58. The molecule has 2 N–H and O–H groups in total. The van der Waals surface area contributed by atoms with Crippen LogP contribution in [0.1, 0.15) is 28.8 Å². The molecule has 0 bridgehead atoms. The Morgan fingerprint density at radius 3 is 2.52 bits per heavy atom. The molecule has 1 aliphatic heterocycles. The van der Waals surface area contributed by atoms with Gasteiger partial charge < -0.3 is 14.7 Å². The number of piperidine rings is 1. The molecular formula is C21H24N2O4. The number of imide groups is 1. The summed E-state index contributed by atoms with van der Waals surface area (Å²) >= 11 is 0. The van der Waals surface area contributed by atoms with Crippen molar-refractivity contribution in [1.29, 1.82) is 0 Å². The number of carbonyl (C=O) groups excluding carboxylic acids is 2. The lowest BCUT2D eigenvalue weighted by molar-refractivity contribution is 0.0945. The second-order valence-electron chi connectivity index (χ2n) is 6.79. The second-order valence-corrected chi connectivity index (χ2v) is 6.79. The van der Waals surface area contributed by atoms with Gasteiger partial charge in [0.2, 0.25) is 0 Å². The van der Waals surface area contributed by atoms with E-state index in [1.807, 2.05) is 12.1 Å². The van der Waals surface area contributed by atoms with E-state index in [0.29, 0.717) is 24.6 Å². The average Bonchev–Trinajstić information content (AvgIpc) is 2.69. The van der Waals surface area contributed by atoms with Gasteiger partial charge in [-0.05, 0) is 67.1 Å². The molecule has 0 spiro atoms. The first kappa shape index (κ1) is 18.8. The van der Waals surface area contributed by atoms with Gasteiger partial charge in [0.15, 0.2) is 0 Å². The number of rotatable bonds is 4. The standard InChI is InChI=1S/C21H24N2O4/c1-27-19-4-2-3-16(14-19)13-15-9-11-23(12-10-15)21(26)22-20(25)17-5-7-18(24)8-6-17/h2-8,14-15,24H,9-13H2,1H3,(H,22,25,26). The molecule has 1 saturated heterocycles. The fourth-order valence-electron chi connectivity index (χ4n) is 3.33. The number of carbonyl (C=O) groups is 2. The minimum Gasteiger partial charge on any atom is -0.508 e. The largest absolute Gasteiger partial charge is 0.508 e. The highest BCUT2D eigenvalue weighted by atomic mass is 16.5. The minimum absolute atomic E-state index is 0.0796. The minimum atomic E-state index is -0.460. The highest BCUT2D eigenvalue weighted by Crippen LogP contribution is 2.23. The average molecular weight is 368 g/mol. The van der Waals surface area contributed by atoms with Gasteiger partial charge in [-0.2, -0.15) is 0 Å². The Labute approximate surface area is 158 Å². The van der Waals surface area contributed by atoms with Gasteiger partial charge >= 0.3 is 6.03 Å². The van der Waals surface area contributed by atoms with Crippen LogP contribution in [0.15, 0.2) is 48.5 Å². The number of ether oxygens (including phenoxy) is 1. The number of hydrogen-bond donors (Lipinski definition) is 2. The smallest absolute Gasteiger partial charge is 0.324 e. The zero-order chi connectivity index (χ0) is 19.2. The maximum absolute atomic E-state index is 12.3. The molecule has 2 aromatic rings. The molecule has 2 aromatic carbocycles. The van der Waals surface area contributed by atoms with E-state index in [4.69, 9.17) is 4.74 Å². The molecular weight excluding hydrogens is 344 g/mol. The fourth-order valence-corrected chi connectivity index (χ4v) is 3.33. The number of benzene rings is 2. The van der Waals surface area contributed by atoms with Crippen LogP contribution in [0, 0.1) is 5.92 Å². The molecule has 0 saturated carbocycles. The number of likely N-dealkylation sites (tertiary alicyclic amines) is 1. The summed E-state index contributed by atoms with van der Waals surface area (Å²) in [4.78, 5) is 26.1. The molecule has 27 heavy (non-hydrogen) atoms. The van der Waals surface area contributed by atoms with Gasteiger partial charge in [0.1, 0.15) is 11.5 Å². The summed E-state index contributed by atoms with van der Waals surface area (Å²) in [6.45, 7) is 1.26. The van der Waals surface area contributed by atoms with Crippen molar-refractivity contribution in [2.45, 2.75) is 19.3 Å². The Morgan fingerprint density at radius 2 is 1.85 bits per heavy atom. The Morgan fingerprint density at radius 1 is 1.15 bits per heavy atom. The number of urea groups is 1. The van der Waals surface area contributed by atoms with Gasteiger partial charge in [0.25, 0.3) is 5.91 Å². The molecule has 3 rings (SSSR count). The van der Waals surface area contributed by atoms with Gasteiger partial charge in [-0.1, -0.05) is 12.1 Å².